The van der Waals surface area contributed by atoms with Crippen LogP contribution in [0, 0.1) is 11.8 Å². The highest BCUT2D eigenvalue weighted by atomic mass is 15.2. The lowest BCUT2D eigenvalue weighted by molar-refractivity contribution is 0.174. The molecule has 1 aliphatic heterocycles. The minimum Gasteiger partial charge on any atom is -0.371 e. The molecule has 1 nitrogen and oxygen atoms in total. The molecule has 0 unspecified atom stereocenters. The van der Waals surface area contributed by atoms with E-state index < -0.39 is 0 Å². The van der Waals surface area contributed by atoms with Crippen LogP contribution in [-0.4, -0.2) is 13.1 Å². The van der Waals surface area contributed by atoms with Crippen LogP contribution in [0.3, 0.4) is 0 Å². The normalized spacial score (nSPS) is 33.9. The fourth-order valence-corrected chi connectivity index (χ4v) is 5.32. The molecule has 108 valence electrons. The first-order valence-corrected chi connectivity index (χ1v) is 8.66. The molecule has 0 N–H and O–H groups in total. The molecule has 2 aliphatic carbocycles. The van der Waals surface area contributed by atoms with Gasteiger partial charge < -0.3 is 4.90 Å². The van der Waals surface area contributed by atoms with Gasteiger partial charge in [-0.3, -0.25) is 0 Å². The van der Waals surface area contributed by atoms with Gasteiger partial charge in [-0.15, -0.1) is 0 Å². The molecule has 1 aromatic carbocycles. The van der Waals surface area contributed by atoms with E-state index in [1.165, 1.54) is 57.1 Å². The third-order valence-electron chi connectivity index (χ3n) is 6.38. The molecule has 0 aromatic heterocycles. The summed E-state index contributed by atoms with van der Waals surface area (Å²) >= 11 is 0. The van der Waals surface area contributed by atoms with Crippen molar-refractivity contribution >= 4 is 5.69 Å². The van der Waals surface area contributed by atoms with Gasteiger partial charge in [-0.05, 0) is 42.7 Å². The Balaban J connectivity index is 1.56. The van der Waals surface area contributed by atoms with E-state index in [4.69, 9.17) is 0 Å². The van der Waals surface area contributed by atoms with Crippen molar-refractivity contribution in [3.63, 3.8) is 0 Å². The third-order valence-corrected chi connectivity index (χ3v) is 6.38. The largest absolute Gasteiger partial charge is 0.371 e. The molecule has 20 heavy (non-hydrogen) atoms. The van der Waals surface area contributed by atoms with Gasteiger partial charge in [0.1, 0.15) is 0 Å². The van der Waals surface area contributed by atoms with E-state index >= 15 is 0 Å². The molecule has 4 rings (SSSR count). The SMILES string of the molecule is CN1c2ccccc2[C@@H]2C[C@@H](C3CCCCC3)CC[C@@H]21. The Morgan fingerprint density at radius 3 is 2.55 bits per heavy atom. The van der Waals surface area contributed by atoms with Crippen molar-refractivity contribution in [1.82, 2.24) is 0 Å². The summed E-state index contributed by atoms with van der Waals surface area (Å²) in [6.45, 7) is 0. The molecule has 0 bridgehead atoms. The molecular weight excluding hydrogens is 242 g/mol. The number of rotatable bonds is 1. The Morgan fingerprint density at radius 1 is 0.900 bits per heavy atom. The molecule has 0 saturated heterocycles. The first kappa shape index (κ1) is 12.7. The summed E-state index contributed by atoms with van der Waals surface area (Å²) in [5.74, 6) is 2.87. The average Bonchev–Trinajstić information content (AvgIpc) is 2.81. The topological polar surface area (TPSA) is 3.24 Å². The van der Waals surface area contributed by atoms with Crippen LogP contribution in [-0.2, 0) is 0 Å². The van der Waals surface area contributed by atoms with E-state index in [1.54, 1.807) is 5.56 Å². The maximum atomic E-state index is 2.57. The number of likely N-dealkylation sites (N-methyl/N-ethyl adjacent to an activating group) is 1. The zero-order valence-electron chi connectivity index (χ0n) is 12.7. The predicted octanol–water partition coefficient (Wildman–Crippen LogP) is 4.97. The Bertz CT molecular complexity index is 474. The summed E-state index contributed by atoms with van der Waals surface area (Å²) in [4.78, 5) is 2.57. The molecule has 3 atom stereocenters. The fraction of sp³-hybridized carbons (Fsp3) is 0.684. The second kappa shape index (κ2) is 5.09. The summed E-state index contributed by atoms with van der Waals surface area (Å²) < 4.78 is 0. The van der Waals surface area contributed by atoms with Crippen LogP contribution >= 0.6 is 0 Å². The van der Waals surface area contributed by atoms with Gasteiger partial charge in [0.2, 0.25) is 0 Å². The number of hydrogen-bond acceptors (Lipinski definition) is 1. The lowest BCUT2D eigenvalue weighted by atomic mass is 9.68. The average molecular weight is 269 g/mol. The number of para-hydroxylation sites is 1. The van der Waals surface area contributed by atoms with Gasteiger partial charge in [0.05, 0.1) is 0 Å². The van der Waals surface area contributed by atoms with Crippen LogP contribution < -0.4 is 4.90 Å². The van der Waals surface area contributed by atoms with Gasteiger partial charge >= 0.3 is 0 Å². The molecule has 2 saturated carbocycles. The smallest absolute Gasteiger partial charge is 0.0402 e. The molecule has 1 heterocycles. The predicted molar refractivity (Wildman–Crippen MR) is 85.3 cm³/mol. The molecule has 1 aromatic rings. The third kappa shape index (κ3) is 1.98. The van der Waals surface area contributed by atoms with Gasteiger partial charge in [0.25, 0.3) is 0 Å². The molecule has 0 spiro atoms. The lowest BCUT2D eigenvalue weighted by Crippen LogP contribution is -2.37. The Kier molecular flexibility index (Phi) is 3.24. The second-order valence-electron chi connectivity index (χ2n) is 7.31. The van der Waals surface area contributed by atoms with Gasteiger partial charge in [-0.2, -0.15) is 0 Å². The Morgan fingerprint density at radius 2 is 1.70 bits per heavy atom. The first-order chi connectivity index (χ1) is 9.84. The van der Waals surface area contributed by atoms with Crippen molar-refractivity contribution in [3.8, 4) is 0 Å². The summed E-state index contributed by atoms with van der Waals surface area (Å²) in [6.07, 6.45) is 11.8. The molecule has 1 heteroatoms. The number of fused-ring (bicyclic) bond motifs is 3. The van der Waals surface area contributed by atoms with Crippen LogP contribution in [0.2, 0.25) is 0 Å². The minimum absolute atomic E-state index is 0.784. The first-order valence-electron chi connectivity index (χ1n) is 8.66. The second-order valence-corrected chi connectivity index (χ2v) is 7.31. The summed E-state index contributed by atoms with van der Waals surface area (Å²) in [5.41, 5.74) is 3.15. The highest BCUT2D eigenvalue weighted by molar-refractivity contribution is 5.61. The fourth-order valence-electron chi connectivity index (χ4n) is 5.32. The van der Waals surface area contributed by atoms with Crippen molar-refractivity contribution in [3.05, 3.63) is 29.8 Å². The summed E-state index contributed by atoms with van der Waals surface area (Å²) in [5, 5.41) is 0. The number of anilines is 1. The minimum atomic E-state index is 0.784. The zero-order chi connectivity index (χ0) is 13.5. The highest BCUT2D eigenvalue weighted by Crippen LogP contribution is 2.51. The van der Waals surface area contributed by atoms with Gasteiger partial charge in [0, 0.05) is 24.7 Å². The molecule has 0 amide bonds. The highest BCUT2D eigenvalue weighted by Gasteiger charge is 2.42. The van der Waals surface area contributed by atoms with Crippen LogP contribution in [0.4, 0.5) is 5.69 Å². The molecular formula is C19H27N. The zero-order valence-corrected chi connectivity index (χ0v) is 12.7. The summed E-state index contributed by atoms with van der Waals surface area (Å²) in [6, 6.07) is 9.93. The number of benzene rings is 1. The van der Waals surface area contributed by atoms with Crippen molar-refractivity contribution in [2.45, 2.75) is 63.3 Å². The van der Waals surface area contributed by atoms with Gasteiger partial charge in [0.15, 0.2) is 0 Å². The monoisotopic (exact) mass is 269 g/mol. The molecule has 3 aliphatic rings. The lowest BCUT2D eigenvalue weighted by Gasteiger charge is -2.40. The quantitative estimate of drug-likeness (QED) is 0.696. The standard InChI is InChI=1S/C19H27N/c1-20-18-10-6-5-9-16(18)17-13-15(11-12-19(17)20)14-7-3-2-4-8-14/h5-6,9-10,14-15,17,19H,2-4,7-8,11-13H2,1H3/t15-,17-,19-/m0/s1. The van der Waals surface area contributed by atoms with Crippen molar-refractivity contribution in [2.75, 3.05) is 11.9 Å². The molecule has 2 fully saturated rings. The van der Waals surface area contributed by atoms with Crippen LogP contribution in [0.1, 0.15) is 62.8 Å². The maximum absolute atomic E-state index is 2.57. The maximum Gasteiger partial charge on any atom is 0.0402 e. The van der Waals surface area contributed by atoms with Gasteiger partial charge in [-0.1, -0.05) is 50.3 Å². The number of hydrogen-bond donors (Lipinski definition) is 0. The van der Waals surface area contributed by atoms with E-state index in [2.05, 4.69) is 36.2 Å². The van der Waals surface area contributed by atoms with E-state index in [0.717, 1.165) is 23.8 Å². The summed E-state index contributed by atoms with van der Waals surface area (Å²) in [7, 11) is 2.31. The van der Waals surface area contributed by atoms with Crippen LogP contribution in [0.25, 0.3) is 0 Å². The number of nitrogens with zero attached hydrogens (tertiary/aromatic N) is 1. The van der Waals surface area contributed by atoms with E-state index in [0.29, 0.717) is 0 Å². The Hall–Kier alpha value is -0.980. The van der Waals surface area contributed by atoms with Crippen molar-refractivity contribution in [1.29, 1.82) is 0 Å². The Labute approximate surface area is 123 Å². The van der Waals surface area contributed by atoms with E-state index in [-0.39, 0.29) is 0 Å². The van der Waals surface area contributed by atoms with Crippen molar-refractivity contribution < 1.29 is 0 Å². The van der Waals surface area contributed by atoms with Gasteiger partial charge in [-0.25, -0.2) is 0 Å². The van der Waals surface area contributed by atoms with E-state index in [9.17, 15) is 0 Å². The van der Waals surface area contributed by atoms with Crippen LogP contribution in [0.15, 0.2) is 24.3 Å². The van der Waals surface area contributed by atoms with Crippen LogP contribution in [0.5, 0.6) is 0 Å². The van der Waals surface area contributed by atoms with Crippen molar-refractivity contribution in [2.24, 2.45) is 11.8 Å². The van der Waals surface area contributed by atoms with E-state index in [1.807, 2.05) is 0 Å². The molecule has 0 radical (unpaired) electrons.